The monoisotopic (exact) mass is 298 g/mol. The fourth-order valence-corrected chi connectivity index (χ4v) is 2.16. The molecule has 3 rings (SSSR count). The molecule has 1 amide bonds. The zero-order chi connectivity index (χ0) is 14.7. The van der Waals surface area contributed by atoms with E-state index in [0.717, 1.165) is 11.1 Å². The number of halogens is 1. The maximum atomic E-state index is 11.1. The van der Waals surface area contributed by atoms with Gasteiger partial charge in [-0.25, -0.2) is 4.79 Å². The highest BCUT2D eigenvalue weighted by molar-refractivity contribution is 6.31. The van der Waals surface area contributed by atoms with E-state index in [1.54, 1.807) is 18.5 Å². The number of hydrogen-bond acceptors (Lipinski definition) is 3. The van der Waals surface area contributed by atoms with Gasteiger partial charge in [0.15, 0.2) is 0 Å². The van der Waals surface area contributed by atoms with Crippen LogP contribution in [0.3, 0.4) is 0 Å². The van der Waals surface area contributed by atoms with E-state index in [1.807, 2.05) is 24.3 Å². The zero-order valence-electron chi connectivity index (χ0n) is 11.0. The Morgan fingerprint density at radius 2 is 2.24 bits per heavy atom. The number of cyclic esters (lactones) is 1. The second-order valence-electron chi connectivity index (χ2n) is 4.53. The molecule has 0 spiro atoms. The highest BCUT2D eigenvalue weighted by Crippen LogP contribution is 2.19. The highest BCUT2D eigenvalue weighted by Gasteiger charge is 2.23. The summed E-state index contributed by atoms with van der Waals surface area (Å²) in [4.78, 5) is 15.1. The van der Waals surface area contributed by atoms with Gasteiger partial charge in [0.2, 0.25) is 0 Å². The summed E-state index contributed by atoms with van der Waals surface area (Å²) in [5.41, 5.74) is 2.49. The summed E-state index contributed by atoms with van der Waals surface area (Å²) >= 11 is 6.03. The van der Waals surface area contributed by atoms with E-state index in [-0.39, 0.29) is 6.04 Å². The average Bonchev–Trinajstić information content (AvgIpc) is 2.93. The van der Waals surface area contributed by atoms with Gasteiger partial charge in [0, 0.05) is 18.0 Å². The molecule has 0 bridgehead atoms. The molecule has 1 fully saturated rings. The van der Waals surface area contributed by atoms with Gasteiger partial charge in [-0.2, -0.15) is 0 Å². The van der Waals surface area contributed by atoms with Crippen LogP contribution in [-0.4, -0.2) is 17.7 Å². The molecule has 0 saturated carbocycles. The first-order valence-electron chi connectivity index (χ1n) is 6.37. The van der Waals surface area contributed by atoms with Crippen molar-refractivity contribution in [2.75, 3.05) is 6.61 Å². The first-order chi connectivity index (χ1) is 10.2. The number of carbonyl (C=O) groups is 1. The number of alkyl carbamates (subject to hydrolysis) is 1. The van der Waals surface area contributed by atoms with E-state index in [0.29, 0.717) is 17.2 Å². The van der Waals surface area contributed by atoms with Gasteiger partial charge in [0.1, 0.15) is 6.61 Å². The number of nitrogens with one attached hydrogen (secondary N) is 1. The van der Waals surface area contributed by atoms with Crippen LogP contribution in [0, 0.1) is 11.8 Å². The number of rotatable bonds is 1. The van der Waals surface area contributed by atoms with Crippen LogP contribution in [0.25, 0.3) is 0 Å². The Kier molecular flexibility index (Phi) is 3.76. The third-order valence-corrected chi connectivity index (χ3v) is 3.40. The number of aromatic nitrogens is 1. The van der Waals surface area contributed by atoms with Crippen molar-refractivity contribution in [3.05, 3.63) is 64.4 Å². The fraction of sp³-hybridized carbons (Fsp3) is 0.125. The second-order valence-corrected chi connectivity index (χ2v) is 4.93. The summed E-state index contributed by atoms with van der Waals surface area (Å²) in [5.74, 6) is 6.04. The van der Waals surface area contributed by atoms with Crippen LogP contribution in [0.5, 0.6) is 0 Å². The molecule has 4 nitrogen and oxygen atoms in total. The van der Waals surface area contributed by atoms with Crippen LogP contribution >= 0.6 is 11.6 Å². The minimum Gasteiger partial charge on any atom is -0.447 e. The number of nitrogens with zero attached hydrogens (tertiary/aromatic N) is 1. The lowest BCUT2D eigenvalue weighted by Crippen LogP contribution is -2.18. The zero-order valence-corrected chi connectivity index (χ0v) is 11.7. The molecule has 1 aromatic carbocycles. The van der Waals surface area contributed by atoms with E-state index in [1.165, 1.54) is 0 Å². The molecule has 0 unspecified atom stereocenters. The van der Waals surface area contributed by atoms with Crippen LogP contribution in [0.1, 0.15) is 22.7 Å². The van der Waals surface area contributed by atoms with Crippen molar-refractivity contribution in [3.63, 3.8) is 0 Å². The van der Waals surface area contributed by atoms with E-state index in [9.17, 15) is 4.79 Å². The maximum Gasteiger partial charge on any atom is 0.407 e. The van der Waals surface area contributed by atoms with E-state index >= 15 is 0 Å². The first-order valence-corrected chi connectivity index (χ1v) is 6.75. The first kappa shape index (κ1) is 13.5. The van der Waals surface area contributed by atoms with Crippen LogP contribution in [0.15, 0.2) is 42.7 Å². The van der Waals surface area contributed by atoms with Crippen LogP contribution in [0.4, 0.5) is 4.79 Å². The number of hydrogen-bond donors (Lipinski definition) is 1. The van der Waals surface area contributed by atoms with E-state index < -0.39 is 6.09 Å². The Morgan fingerprint density at radius 1 is 1.33 bits per heavy atom. The normalized spacial score (nSPS) is 16.6. The molecular formula is C16H11ClN2O2. The summed E-state index contributed by atoms with van der Waals surface area (Å²) in [6.45, 7) is 0.337. The fourth-order valence-electron chi connectivity index (χ4n) is 2.01. The molecule has 0 aliphatic carbocycles. The minimum atomic E-state index is -0.390. The van der Waals surface area contributed by atoms with Crippen molar-refractivity contribution >= 4 is 17.7 Å². The maximum absolute atomic E-state index is 11.1. The molecule has 2 aromatic rings. The van der Waals surface area contributed by atoms with Crippen molar-refractivity contribution in [3.8, 4) is 11.8 Å². The van der Waals surface area contributed by atoms with E-state index in [4.69, 9.17) is 16.3 Å². The molecule has 104 valence electrons. The molecular weight excluding hydrogens is 288 g/mol. The van der Waals surface area contributed by atoms with Gasteiger partial charge in [0.05, 0.1) is 16.6 Å². The molecule has 0 radical (unpaired) electrons. The van der Waals surface area contributed by atoms with Gasteiger partial charge < -0.3 is 10.1 Å². The lowest BCUT2D eigenvalue weighted by Gasteiger charge is -2.07. The SMILES string of the molecule is O=C1N[C@H](c2cccc(C#Cc3cnccc3Cl)c2)CO1. The largest absolute Gasteiger partial charge is 0.447 e. The van der Waals surface area contributed by atoms with Crippen molar-refractivity contribution in [1.29, 1.82) is 0 Å². The van der Waals surface area contributed by atoms with Crippen LogP contribution in [-0.2, 0) is 4.74 Å². The Balaban J connectivity index is 1.84. The standard InChI is InChI=1S/C16H11ClN2O2/c17-14-6-7-18-9-13(14)5-4-11-2-1-3-12(8-11)15-10-21-16(20)19-15/h1-3,6-9,15H,10H2,(H,19,20)/t15-/m0/s1. The molecule has 5 heteroatoms. The van der Waals surface area contributed by atoms with E-state index in [2.05, 4.69) is 22.1 Å². The summed E-state index contributed by atoms with van der Waals surface area (Å²) in [6, 6.07) is 9.24. The van der Waals surface area contributed by atoms with Gasteiger partial charge in [-0.05, 0) is 23.8 Å². The third kappa shape index (κ3) is 3.15. The Morgan fingerprint density at radius 3 is 3.00 bits per heavy atom. The predicted molar refractivity (Wildman–Crippen MR) is 78.9 cm³/mol. The lowest BCUT2D eigenvalue weighted by molar-refractivity contribution is 0.177. The predicted octanol–water partition coefficient (Wildman–Crippen LogP) is 2.92. The molecule has 1 aliphatic heterocycles. The quantitative estimate of drug-likeness (QED) is 0.824. The van der Waals surface area contributed by atoms with Gasteiger partial charge >= 0.3 is 6.09 Å². The number of ether oxygens (including phenoxy) is 1. The Bertz CT molecular complexity index is 749. The van der Waals surface area contributed by atoms with Crippen molar-refractivity contribution in [1.82, 2.24) is 10.3 Å². The molecule has 2 heterocycles. The summed E-state index contributed by atoms with van der Waals surface area (Å²) in [7, 11) is 0. The highest BCUT2D eigenvalue weighted by atomic mass is 35.5. The van der Waals surface area contributed by atoms with Crippen molar-refractivity contribution < 1.29 is 9.53 Å². The number of benzene rings is 1. The molecule has 1 saturated heterocycles. The van der Waals surface area contributed by atoms with Gasteiger partial charge in [-0.15, -0.1) is 0 Å². The summed E-state index contributed by atoms with van der Waals surface area (Å²) in [6.07, 6.45) is 2.86. The topological polar surface area (TPSA) is 51.2 Å². The number of carbonyl (C=O) groups excluding carboxylic acids is 1. The molecule has 21 heavy (non-hydrogen) atoms. The lowest BCUT2D eigenvalue weighted by atomic mass is 10.0. The van der Waals surface area contributed by atoms with Gasteiger partial charge in [-0.1, -0.05) is 35.6 Å². The molecule has 1 atom stereocenters. The number of pyridine rings is 1. The minimum absolute atomic E-state index is 0.124. The molecule has 1 aliphatic rings. The number of amides is 1. The average molecular weight is 299 g/mol. The molecule has 1 N–H and O–H groups in total. The Labute approximate surface area is 127 Å². The summed E-state index contributed by atoms with van der Waals surface area (Å²) < 4.78 is 4.89. The van der Waals surface area contributed by atoms with Crippen LogP contribution < -0.4 is 5.32 Å². The van der Waals surface area contributed by atoms with Crippen molar-refractivity contribution in [2.24, 2.45) is 0 Å². The third-order valence-electron chi connectivity index (χ3n) is 3.07. The summed E-state index contributed by atoms with van der Waals surface area (Å²) in [5, 5.41) is 3.31. The molecule has 1 aromatic heterocycles. The smallest absolute Gasteiger partial charge is 0.407 e. The Hall–Kier alpha value is -2.51. The van der Waals surface area contributed by atoms with Gasteiger partial charge in [-0.3, -0.25) is 4.98 Å². The second kappa shape index (κ2) is 5.86. The van der Waals surface area contributed by atoms with Crippen molar-refractivity contribution in [2.45, 2.75) is 6.04 Å². The van der Waals surface area contributed by atoms with Crippen LogP contribution in [0.2, 0.25) is 5.02 Å². The van der Waals surface area contributed by atoms with Gasteiger partial charge in [0.25, 0.3) is 0 Å².